The van der Waals surface area contributed by atoms with Crippen LogP contribution in [0.3, 0.4) is 0 Å². The van der Waals surface area contributed by atoms with Gasteiger partial charge in [-0.2, -0.15) is 0 Å². The van der Waals surface area contributed by atoms with Crippen LogP contribution in [-0.2, 0) is 17.7 Å². The number of nitrogens with zero attached hydrogens (tertiary/aromatic N) is 1. The van der Waals surface area contributed by atoms with Crippen molar-refractivity contribution in [3.05, 3.63) is 23.4 Å². The summed E-state index contributed by atoms with van der Waals surface area (Å²) in [6.07, 6.45) is 3.22. The molecule has 0 amide bonds. The first-order chi connectivity index (χ1) is 9.31. The lowest BCUT2D eigenvalue weighted by molar-refractivity contribution is 0.138. The van der Waals surface area contributed by atoms with Gasteiger partial charge in [-0.1, -0.05) is 20.3 Å². The molecule has 2 heterocycles. The predicted octanol–water partition coefficient (Wildman–Crippen LogP) is 2.31. The number of nitrogens with one attached hydrogen (secondary N) is 1. The molecular weight excluding hydrogens is 240 g/mol. The lowest BCUT2D eigenvalue weighted by Crippen LogP contribution is -2.18. The van der Waals surface area contributed by atoms with E-state index >= 15 is 0 Å². The topological polar surface area (TPSA) is 43.4 Å². The minimum Gasteiger partial charge on any atom is -0.472 e. The molecule has 1 unspecified atom stereocenters. The van der Waals surface area contributed by atoms with E-state index in [-0.39, 0.29) is 6.10 Å². The van der Waals surface area contributed by atoms with E-state index in [1.165, 1.54) is 5.56 Å². The van der Waals surface area contributed by atoms with E-state index in [2.05, 4.69) is 30.2 Å². The third-order valence-electron chi connectivity index (χ3n) is 3.18. The minimum absolute atomic E-state index is 0.163. The lowest BCUT2D eigenvalue weighted by atomic mass is 10.1. The Kier molecular flexibility index (Phi) is 5.61. The number of ether oxygens (including phenoxy) is 2. The zero-order valence-electron chi connectivity index (χ0n) is 11.9. The van der Waals surface area contributed by atoms with Gasteiger partial charge in [-0.25, -0.2) is 4.98 Å². The van der Waals surface area contributed by atoms with Crippen LogP contribution in [-0.4, -0.2) is 30.8 Å². The van der Waals surface area contributed by atoms with E-state index in [1.807, 2.05) is 6.07 Å². The highest BCUT2D eigenvalue weighted by molar-refractivity contribution is 5.25. The molecule has 1 aliphatic heterocycles. The predicted molar refractivity (Wildman–Crippen MR) is 75.5 cm³/mol. The highest BCUT2D eigenvalue weighted by atomic mass is 16.5. The van der Waals surface area contributed by atoms with Gasteiger partial charge in [0.05, 0.1) is 13.2 Å². The van der Waals surface area contributed by atoms with Gasteiger partial charge in [-0.05, 0) is 24.6 Å². The second-order valence-electron chi connectivity index (χ2n) is 4.94. The normalized spacial score (nSPS) is 18.7. The van der Waals surface area contributed by atoms with Crippen molar-refractivity contribution in [2.75, 3.05) is 19.8 Å². The molecule has 0 spiro atoms. The van der Waals surface area contributed by atoms with Crippen LogP contribution < -0.4 is 10.1 Å². The van der Waals surface area contributed by atoms with E-state index < -0.39 is 0 Å². The summed E-state index contributed by atoms with van der Waals surface area (Å²) in [5, 5.41) is 3.35. The maximum absolute atomic E-state index is 5.92. The number of aromatic nitrogens is 1. The summed E-state index contributed by atoms with van der Waals surface area (Å²) >= 11 is 0. The Morgan fingerprint density at radius 3 is 3.00 bits per heavy atom. The Labute approximate surface area is 115 Å². The Hall–Kier alpha value is -1.13. The Morgan fingerprint density at radius 1 is 1.42 bits per heavy atom. The third-order valence-corrected chi connectivity index (χ3v) is 3.18. The maximum atomic E-state index is 5.92. The van der Waals surface area contributed by atoms with Gasteiger partial charge in [0.25, 0.3) is 0 Å². The standard InChI is InChI=1S/C15H24N2O2/c1-3-5-13-8-12(10-16-4-2)9-15(17-13)19-14-6-7-18-11-14/h8-9,14,16H,3-7,10-11H2,1-2H3. The summed E-state index contributed by atoms with van der Waals surface area (Å²) in [6.45, 7) is 7.60. The molecule has 1 atom stereocenters. The van der Waals surface area contributed by atoms with Gasteiger partial charge >= 0.3 is 0 Å². The van der Waals surface area contributed by atoms with Crippen molar-refractivity contribution in [3.8, 4) is 5.88 Å². The first-order valence-corrected chi connectivity index (χ1v) is 7.26. The van der Waals surface area contributed by atoms with E-state index in [4.69, 9.17) is 9.47 Å². The van der Waals surface area contributed by atoms with Crippen LogP contribution in [0.25, 0.3) is 0 Å². The molecule has 4 heteroatoms. The largest absolute Gasteiger partial charge is 0.472 e. The van der Waals surface area contributed by atoms with Crippen molar-refractivity contribution in [1.29, 1.82) is 0 Å². The summed E-state index contributed by atoms with van der Waals surface area (Å²) in [5.41, 5.74) is 2.36. The molecule has 4 nitrogen and oxygen atoms in total. The van der Waals surface area contributed by atoms with Crippen molar-refractivity contribution >= 4 is 0 Å². The second-order valence-corrected chi connectivity index (χ2v) is 4.94. The van der Waals surface area contributed by atoms with Crippen molar-refractivity contribution in [2.24, 2.45) is 0 Å². The lowest BCUT2D eigenvalue weighted by Gasteiger charge is -2.13. The van der Waals surface area contributed by atoms with Crippen molar-refractivity contribution in [1.82, 2.24) is 10.3 Å². The van der Waals surface area contributed by atoms with Crippen LogP contribution >= 0.6 is 0 Å². The Morgan fingerprint density at radius 2 is 2.32 bits per heavy atom. The van der Waals surface area contributed by atoms with Gasteiger partial charge < -0.3 is 14.8 Å². The molecule has 0 radical (unpaired) electrons. The van der Waals surface area contributed by atoms with Crippen LogP contribution in [0.15, 0.2) is 12.1 Å². The number of aryl methyl sites for hydroxylation is 1. The number of rotatable bonds is 7. The van der Waals surface area contributed by atoms with Crippen molar-refractivity contribution < 1.29 is 9.47 Å². The Balaban J connectivity index is 2.07. The van der Waals surface area contributed by atoms with Crippen molar-refractivity contribution in [2.45, 2.75) is 45.8 Å². The van der Waals surface area contributed by atoms with E-state index in [0.717, 1.165) is 50.5 Å². The summed E-state index contributed by atoms with van der Waals surface area (Å²) in [7, 11) is 0. The number of pyridine rings is 1. The fraction of sp³-hybridized carbons (Fsp3) is 0.667. The monoisotopic (exact) mass is 264 g/mol. The summed E-state index contributed by atoms with van der Waals surface area (Å²) in [5.74, 6) is 0.745. The minimum atomic E-state index is 0.163. The molecule has 1 saturated heterocycles. The van der Waals surface area contributed by atoms with E-state index in [0.29, 0.717) is 6.61 Å². The van der Waals surface area contributed by atoms with Crippen LogP contribution in [0.2, 0.25) is 0 Å². The van der Waals surface area contributed by atoms with Gasteiger partial charge in [-0.15, -0.1) is 0 Å². The zero-order valence-corrected chi connectivity index (χ0v) is 11.9. The quantitative estimate of drug-likeness (QED) is 0.820. The summed E-state index contributed by atoms with van der Waals surface area (Å²) in [4.78, 5) is 4.59. The maximum Gasteiger partial charge on any atom is 0.214 e. The molecular formula is C15H24N2O2. The molecule has 0 saturated carbocycles. The fourth-order valence-corrected chi connectivity index (χ4v) is 2.21. The molecule has 0 aliphatic carbocycles. The average Bonchev–Trinajstić information content (AvgIpc) is 2.89. The molecule has 1 aromatic rings. The molecule has 0 aromatic carbocycles. The highest BCUT2D eigenvalue weighted by Gasteiger charge is 2.18. The summed E-state index contributed by atoms with van der Waals surface area (Å²) < 4.78 is 11.3. The van der Waals surface area contributed by atoms with Crippen LogP contribution in [0.1, 0.15) is 37.9 Å². The second kappa shape index (κ2) is 7.46. The molecule has 1 aromatic heterocycles. The van der Waals surface area contributed by atoms with E-state index in [1.54, 1.807) is 0 Å². The van der Waals surface area contributed by atoms with Crippen LogP contribution in [0, 0.1) is 0 Å². The number of hydrogen-bond acceptors (Lipinski definition) is 4. The molecule has 2 rings (SSSR count). The SMILES string of the molecule is CCCc1cc(CNCC)cc(OC2CCOC2)n1. The molecule has 19 heavy (non-hydrogen) atoms. The molecule has 0 bridgehead atoms. The fourth-order valence-electron chi connectivity index (χ4n) is 2.21. The third kappa shape index (κ3) is 4.48. The van der Waals surface area contributed by atoms with Crippen LogP contribution in [0.4, 0.5) is 0 Å². The van der Waals surface area contributed by atoms with Gasteiger partial charge in [0.15, 0.2) is 0 Å². The highest BCUT2D eigenvalue weighted by Crippen LogP contribution is 2.18. The Bertz CT molecular complexity index is 390. The first kappa shape index (κ1) is 14.3. The number of hydrogen-bond donors (Lipinski definition) is 1. The van der Waals surface area contributed by atoms with Gasteiger partial charge in [0.2, 0.25) is 5.88 Å². The summed E-state index contributed by atoms with van der Waals surface area (Å²) in [6, 6.07) is 4.21. The van der Waals surface area contributed by atoms with Gasteiger partial charge in [0.1, 0.15) is 6.10 Å². The molecule has 1 aliphatic rings. The molecule has 1 fully saturated rings. The van der Waals surface area contributed by atoms with Crippen molar-refractivity contribution in [3.63, 3.8) is 0 Å². The van der Waals surface area contributed by atoms with Gasteiger partial charge in [0, 0.05) is 24.7 Å². The van der Waals surface area contributed by atoms with E-state index in [9.17, 15) is 0 Å². The first-order valence-electron chi connectivity index (χ1n) is 7.26. The smallest absolute Gasteiger partial charge is 0.214 e. The van der Waals surface area contributed by atoms with Crippen LogP contribution in [0.5, 0.6) is 5.88 Å². The average molecular weight is 264 g/mol. The molecule has 106 valence electrons. The van der Waals surface area contributed by atoms with Gasteiger partial charge in [-0.3, -0.25) is 0 Å². The zero-order chi connectivity index (χ0) is 13.5. The molecule has 1 N–H and O–H groups in total.